The van der Waals surface area contributed by atoms with E-state index in [-0.39, 0.29) is 36.6 Å². The van der Waals surface area contributed by atoms with Crippen molar-refractivity contribution in [3.05, 3.63) is 46.4 Å². The molecule has 29 heavy (non-hydrogen) atoms. The van der Waals surface area contributed by atoms with Gasteiger partial charge in [0.25, 0.3) is 5.91 Å². The maximum atomic E-state index is 12.4. The van der Waals surface area contributed by atoms with Crippen molar-refractivity contribution in [1.82, 2.24) is 15.2 Å². The Morgan fingerprint density at radius 1 is 1.10 bits per heavy atom. The lowest BCUT2D eigenvalue weighted by Gasteiger charge is -2.36. The summed E-state index contributed by atoms with van der Waals surface area (Å²) in [6, 6.07) is 10.2. The second kappa shape index (κ2) is 12.6. The van der Waals surface area contributed by atoms with Crippen LogP contribution in [0.2, 0.25) is 0 Å². The highest BCUT2D eigenvalue weighted by atomic mass is 35.5. The summed E-state index contributed by atoms with van der Waals surface area (Å²) in [6.45, 7) is 3.89. The largest absolute Gasteiger partial charge is 0.368 e. The van der Waals surface area contributed by atoms with Crippen molar-refractivity contribution < 1.29 is 9.59 Å². The van der Waals surface area contributed by atoms with Crippen molar-refractivity contribution >= 4 is 53.7 Å². The number of halogens is 2. The molecule has 3 N–H and O–H groups in total. The first-order valence-corrected chi connectivity index (χ1v) is 10.1. The van der Waals surface area contributed by atoms with Crippen molar-refractivity contribution in [2.24, 2.45) is 5.73 Å². The van der Waals surface area contributed by atoms with Crippen LogP contribution in [0.4, 0.5) is 5.69 Å². The quantitative estimate of drug-likeness (QED) is 0.659. The number of hydrogen-bond donors (Lipinski definition) is 2. The zero-order chi connectivity index (χ0) is 19.1. The Hall–Kier alpha value is -1.87. The molecule has 2 aromatic rings. The molecule has 3 rings (SSSR count). The van der Waals surface area contributed by atoms with Crippen molar-refractivity contribution in [3.63, 3.8) is 0 Å². The predicted molar refractivity (Wildman–Crippen MR) is 122 cm³/mol. The summed E-state index contributed by atoms with van der Waals surface area (Å²) in [4.78, 5) is 32.9. The topological polar surface area (TPSA) is 91.6 Å². The number of aromatic nitrogens is 1. The van der Waals surface area contributed by atoms with Crippen molar-refractivity contribution in [1.29, 1.82) is 0 Å². The van der Waals surface area contributed by atoms with Crippen molar-refractivity contribution in [2.45, 2.75) is 12.8 Å². The number of hydrogen-bond acceptors (Lipinski definition) is 6. The molecule has 1 aromatic heterocycles. The molecule has 1 aromatic carbocycles. The summed E-state index contributed by atoms with van der Waals surface area (Å²) >= 11 is 1.43. The van der Waals surface area contributed by atoms with Crippen LogP contribution in [0.1, 0.15) is 21.9 Å². The van der Waals surface area contributed by atoms with Crippen LogP contribution in [-0.2, 0) is 11.2 Å². The van der Waals surface area contributed by atoms with Gasteiger partial charge in [0, 0.05) is 56.6 Å². The smallest absolute Gasteiger partial charge is 0.270 e. The van der Waals surface area contributed by atoms with Gasteiger partial charge in [-0.25, -0.2) is 4.98 Å². The molecule has 0 spiro atoms. The van der Waals surface area contributed by atoms with Crippen LogP contribution >= 0.6 is 36.2 Å². The van der Waals surface area contributed by atoms with Gasteiger partial charge in [0.1, 0.15) is 5.69 Å². The van der Waals surface area contributed by atoms with Crippen molar-refractivity contribution in [2.75, 3.05) is 44.2 Å². The fraction of sp³-hybridized carbons (Fsp3) is 0.421. The summed E-state index contributed by atoms with van der Waals surface area (Å²) in [6.07, 6.45) is 0.974. The molecule has 10 heteroatoms. The second-order valence-corrected chi connectivity index (χ2v) is 7.32. The molecule has 1 saturated heterocycles. The molecular weight excluding hydrogens is 433 g/mol. The summed E-state index contributed by atoms with van der Waals surface area (Å²) in [5.74, 6) is -0.165. The maximum Gasteiger partial charge on any atom is 0.270 e. The number of nitrogens with two attached hydrogens (primary N) is 1. The third-order valence-corrected chi connectivity index (χ3v) is 5.43. The minimum atomic E-state index is -0.240. The van der Waals surface area contributed by atoms with E-state index in [2.05, 4.69) is 27.3 Å². The zero-order valence-corrected chi connectivity index (χ0v) is 18.5. The maximum absolute atomic E-state index is 12.4. The minimum absolute atomic E-state index is 0. The van der Waals surface area contributed by atoms with Gasteiger partial charge in [-0.1, -0.05) is 18.2 Å². The normalized spacial score (nSPS) is 13.3. The lowest BCUT2D eigenvalue weighted by molar-refractivity contribution is -0.131. The number of piperazine rings is 1. The molecular formula is C19H27Cl2N5O2S. The number of anilines is 1. The number of carbonyl (C=O) groups is 2. The van der Waals surface area contributed by atoms with E-state index in [0.717, 1.165) is 18.1 Å². The summed E-state index contributed by atoms with van der Waals surface area (Å²) in [7, 11) is 0. The van der Waals surface area contributed by atoms with Gasteiger partial charge in [0.2, 0.25) is 5.91 Å². The van der Waals surface area contributed by atoms with Gasteiger partial charge in [-0.05, 0) is 18.7 Å². The number of benzene rings is 1. The number of rotatable bonds is 7. The van der Waals surface area contributed by atoms with E-state index >= 15 is 0 Å². The van der Waals surface area contributed by atoms with Gasteiger partial charge in [-0.3, -0.25) is 9.59 Å². The molecule has 0 atom stereocenters. The third kappa shape index (κ3) is 7.15. The van der Waals surface area contributed by atoms with Crippen LogP contribution in [0.15, 0.2) is 35.7 Å². The van der Waals surface area contributed by atoms with E-state index in [0.29, 0.717) is 44.7 Å². The summed E-state index contributed by atoms with van der Waals surface area (Å²) in [5, 5.41) is 5.36. The van der Waals surface area contributed by atoms with E-state index < -0.39 is 0 Å². The molecule has 0 bridgehead atoms. The number of para-hydroxylation sites is 1. The molecule has 2 heterocycles. The fourth-order valence-corrected chi connectivity index (χ4v) is 3.83. The number of thiazole rings is 1. The SMILES string of the molecule is Cl.Cl.NCCc1nc(C(=O)NCCC(=O)N2CCN(c3ccccc3)CC2)cs1. The minimum Gasteiger partial charge on any atom is -0.368 e. The Kier molecular flexibility index (Phi) is 11.0. The molecule has 0 unspecified atom stereocenters. The zero-order valence-electron chi connectivity index (χ0n) is 16.1. The average molecular weight is 460 g/mol. The first-order chi connectivity index (χ1) is 13.2. The van der Waals surface area contributed by atoms with Crippen LogP contribution in [0.25, 0.3) is 0 Å². The molecule has 2 amide bonds. The highest BCUT2D eigenvalue weighted by Gasteiger charge is 2.21. The molecule has 1 aliphatic rings. The molecule has 0 aliphatic carbocycles. The van der Waals surface area contributed by atoms with E-state index in [9.17, 15) is 9.59 Å². The number of nitrogens with one attached hydrogen (secondary N) is 1. The number of amides is 2. The Bertz CT molecular complexity index is 767. The molecule has 0 radical (unpaired) electrons. The molecule has 7 nitrogen and oxygen atoms in total. The monoisotopic (exact) mass is 459 g/mol. The van der Waals surface area contributed by atoms with Crippen LogP contribution in [0, 0.1) is 0 Å². The van der Waals surface area contributed by atoms with Crippen LogP contribution in [0.3, 0.4) is 0 Å². The summed E-state index contributed by atoms with van der Waals surface area (Å²) in [5.41, 5.74) is 7.08. The van der Waals surface area contributed by atoms with E-state index in [1.165, 1.54) is 17.0 Å². The van der Waals surface area contributed by atoms with E-state index in [1.807, 2.05) is 23.1 Å². The number of nitrogens with zero attached hydrogens (tertiary/aromatic N) is 3. The number of carbonyl (C=O) groups excluding carboxylic acids is 2. The van der Waals surface area contributed by atoms with Gasteiger partial charge in [-0.15, -0.1) is 36.2 Å². The van der Waals surface area contributed by atoms with Crippen LogP contribution in [0.5, 0.6) is 0 Å². The van der Waals surface area contributed by atoms with Crippen molar-refractivity contribution in [3.8, 4) is 0 Å². The second-order valence-electron chi connectivity index (χ2n) is 6.37. The highest BCUT2D eigenvalue weighted by molar-refractivity contribution is 7.09. The lowest BCUT2D eigenvalue weighted by Crippen LogP contribution is -2.49. The fourth-order valence-electron chi connectivity index (χ4n) is 3.04. The lowest BCUT2D eigenvalue weighted by atomic mass is 10.2. The Morgan fingerprint density at radius 3 is 2.45 bits per heavy atom. The predicted octanol–water partition coefficient (Wildman–Crippen LogP) is 1.96. The van der Waals surface area contributed by atoms with E-state index in [4.69, 9.17) is 5.73 Å². The van der Waals surface area contributed by atoms with Gasteiger partial charge in [0.05, 0.1) is 5.01 Å². The standard InChI is InChI=1S/C19H25N5O2S.2ClH/c20-8-6-17-22-16(14-27-17)19(26)21-9-7-18(25)24-12-10-23(11-13-24)15-4-2-1-3-5-15;;/h1-5,14H,6-13,20H2,(H,21,26);2*1H. The Balaban J connectivity index is 0.00000210. The molecule has 1 aliphatic heterocycles. The van der Waals surface area contributed by atoms with E-state index in [1.54, 1.807) is 5.38 Å². The molecule has 1 fully saturated rings. The van der Waals surface area contributed by atoms with Gasteiger partial charge >= 0.3 is 0 Å². The van der Waals surface area contributed by atoms with Gasteiger partial charge < -0.3 is 20.9 Å². The highest BCUT2D eigenvalue weighted by Crippen LogP contribution is 2.16. The summed E-state index contributed by atoms with van der Waals surface area (Å²) < 4.78 is 0. The molecule has 160 valence electrons. The average Bonchev–Trinajstić information content (AvgIpc) is 3.18. The molecule has 0 saturated carbocycles. The third-order valence-electron chi connectivity index (χ3n) is 4.52. The van der Waals surface area contributed by atoms with Crippen LogP contribution in [-0.4, -0.2) is 61.0 Å². The first-order valence-electron chi connectivity index (χ1n) is 9.18. The first kappa shape index (κ1) is 25.2. The Labute approximate surface area is 187 Å². The van der Waals surface area contributed by atoms with Crippen LogP contribution < -0.4 is 16.0 Å². The van der Waals surface area contributed by atoms with Gasteiger partial charge in [-0.2, -0.15) is 0 Å². The van der Waals surface area contributed by atoms with Gasteiger partial charge in [0.15, 0.2) is 0 Å². The Morgan fingerprint density at radius 2 is 1.79 bits per heavy atom.